The van der Waals surface area contributed by atoms with Crippen LogP contribution in [0.5, 0.6) is 0 Å². The third-order valence-corrected chi connectivity index (χ3v) is 4.33. The van der Waals surface area contributed by atoms with Crippen LogP contribution in [-0.2, 0) is 6.54 Å². The van der Waals surface area contributed by atoms with Crippen molar-refractivity contribution in [3.63, 3.8) is 0 Å². The van der Waals surface area contributed by atoms with Crippen LogP contribution in [0.15, 0.2) is 18.5 Å². The molecular formula is C15H26N4. The van der Waals surface area contributed by atoms with Crippen LogP contribution in [0.1, 0.15) is 45.9 Å². The lowest BCUT2D eigenvalue weighted by molar-refractivity contribution is 0.0374. The zero-order valence-corrected chi connectivity index (χ0v) is 12.4. The number of nitrogens with one attached hydrogen (secondary N) is 1. The van der Waals surface area contributed by atoms with Gasteiger partial charge in [0.05, 0.1) is 6.54 Å². The zero-order valence-electron chi connectivity index (χ0n) is 12.4. The largest absolute Gasteiger partial charge is 0.311 e. The van der Waals surface area contributed by atoms with Gasteiger partial charge in [-0.15, -0.1) is 0 Å². The molecule has 4 heteroatoms. The van der Waals surface area contributed by atoms with E-state index < -0.39 is 0 Å². The van der Waals surface area contributed by atoms with Gasteiger partial charge in [-0.05, 0) is 25.8 Å². The van der Waals surface area contributed by atoms with E-state index in [2.05, 4.69) is 41.0 Å². The van der Waals surface area contributed by atoms with E-state index in [9.17, 15) is 0 Å². The molecule has 0 aliphatic carbocycles. The van der Waals surface area contributed by atoms with Gasteiger partial charge < -0.3 is 5.32 Å². The Morgan fingerprint density at radius 2 is 2.11 bits per heavy atom. The van der Waals surface area contributed by atoms with Crippen LogP contribution in [0.25, 0.3) is 0 Å². The first-order valence-electron chi connectivity index (χ1n) is 7.42. The SMILES string of the molecule is CCCC1CN(Cc2ncccn2)C(C)(CC)CN1. The molecule has 1 N–H and O–H groups in total. The zero-order chi connectivity index (χ0) is 13.7. The van der Waals surface area contributed by atoms with E-state index >= 15 is 0 Å². The van der Waals surface area contributed by atoms with Crippen LogP contribution in [0.4, 0.5) is 0 Å². The van der Waals surface area contributed by atoms with Crippen molar-refractivity contribution in [3.05, 3.63) is 24.3 Å². The Morgan fingerprint density at radius 1 is 1.37 bits per heavy atom. The maximum absolute atomic E-state index is 4.37. The number of aromatic nitrogens is 2. The molecule has 4 nitrogen and oxygen atoms in total. The number of rotatable bonds is 5. The molecule has 1 aliphatic rings. The maximum Gasteiger partial charge on any atom is 0.142 e. The molecule has 1 aliphatic heterocycles. The number of nitrogens with zero attached hydrogens (tertiary/aromatic N) is 3. The van der Waals surface area contributed by atoms with E-state index in [-0.39, 0.29) is 5.54 Å². The van der Waals surface area contributed by atoms with E-state index in [0.717, 1.165) is 31.9 Å². The van der Waals surface area contributed by atoms with Crippen LogP contribution in [0.3, 0.4) is 0 Å². The third-order valence-electron chi connectivity index (χ3n) is 4.33. The van der Waals surface area contributed by atoms with Crippen LogP contribution < -0.4 is 5.32 Å². The molecule has 106 valence electrons. The molecule has 0 spiro atoms. The van der Waals surface area contributed by atoms with Crippen molar-refractivity contribution in [2.45, 2.75) is 58.2 Å². The molecule has 2 heterocycles. The fraction of sp³-hybridized carbons (Fsp3) is 0.733. The Bertz CT molecular complexity index is 381. The lowest BCUT2D eigenvalue weighted by Gasteiger charge is -2.47. The second-order valence-electron chi connectivity index (χ2n) is 5.76. The summed E-state index contributed by atoms with van der Waals surface area (Å²) in [5.74, 6) is 0.930. The van der Waals surface area contributed by atoms with E-state index in [1.807, 2.05) is 18.5 Å². The van der Waals surface area contributed by atoms with Crippen LogP contribution >= 0.6 is 0 Å². The van der Waals surface area contributed by atoms with Crippen LogP contribution in [-0.4, -0.2) is 39.5 Å². The topological polar surface area (TPSA) is 41.1 Å². The summed E-state index contributed by atoms with van der Waals surface area (Å²) in [4.78, 5) is 11.3. The lowest BCUT2D eigenvalue weighted by Crippen LogP contribution is -2.62. The predicted molar refractivity (Wildman–Crippen MR) is 77.8 cm³/mol. The van der Waals surface area contributed by atoms with E-state index in [0.29, 0.717) is 6.04 Å². The van der Waals surface area contributed by atoms with Gasteiger partial charge in [0.2, 0.25) is 0 Å². The van der Waals surface area contributed by atoms with Crippen molar-refractivity contribution in [1.29, 1.82) is 0 Å². The normalized spacial score (nSPS) is 28.5. The molecule has 0 saturated carbocycles. The van der Waals surface area contributed by atoms with Gasteiger partial charge in [-0.25, -0.2) is 9.97 Å². The Hall–Kier alpha value is -1.00. The fourth-order valence-corrected chi connectivity index (χ4v) is 2.76. The van der Waals surface area contributed by atoms with Crippen LogP contribution in [0.2, 0.25) is 0 Å². The highest BCUT2D eigenvalue weighted by Crippen LogP contribution is 2.25. The highest BCUT2D eigenvalue weighted by Gasteiger charge is 2.36. The summed E-state index contributed by atoms with van der Waals surface area (Å²) in [6.45, 7) is 9.86. The van der Waals surface area contributed by atoms with E-state index in [4.69, 9.17) is 0 Å². The number of hydrogen-bond donors (Lipinski definition) is 1. The molecule has 1 aromatic heterocycles. The molecule has 0 aromatic carbocycles. The summed E-state index contributed by atoms with van der Waals surface area (Å²) in [5.41, 5.74) is 0.212. The van der Waals surface area contributed by atoms with Crippen molar-refractivity contribution in [3.8, 4) is 0 Å². The summed E-state index contributed by atoms with van der Waals surface area (Å²) in [7, 11) is 0. The van der Waals surface area contributed by atoms with Gasteiger partial charge in [0.25, 0.3) is 0 Å². The number of piperazine rings is 1. The smallest absolute Gasteiger partial charge is 0.142 e. The summed E-state index contributed by atoms with van der Waals surface area (Å²) >= 11 is 0. The molecule has 2 unspecified atom stereocenters. The highest BCUT2D eigenvalue weighted by atomic mass is 15.3. The molecule has 1 saturated heterocycles. The molecule has 0 bridgehead atoms. The average Bonchev–Trinajstić information content (AvgIpc) is 2.44. The first-order chi connectivity index (χ1) is 9.18. The Kier molecular flexibility index (Phi) is 4.88. The van der Waals surface area contributed by atoms with E-state index in [1.54, 1.807) is 0 Å². The highest BCUT2D eigenvalue weighted by molar-refractivity contribution is 4.98. The van der Waals surface area contributed by atoms with Gasteiger partial charge in [0.1, 0.15) is 5.82 Å². The van der Waals surface area contributed by atoms with Crippen LogP contribution in [0, 0.1) is 0 Å². The minimum Gasteiger partial charge on any atom is -0.311 e. The van der Waals surface area contributed by atoms with E-state index in [1.165, 1.54) is 12.8 Å². The monoisotopic (exact) mass is 262 g/mol. The van der Waals surface area contributed by atoms with Crippen molar-refractivity contribution < 1.29 is 0 Å². The van der Waals surface area contributed by atoms with Gasteiger partial charge in [0, 0.05) is 37.1 Å². The summed E-state index contributed by atoms with van der Waals surface area (Å²) in [5, 5.41) is 3.69. The quantitative estimate of drug-likeness (QED) is 0.883. The standard InChI is InChI=1S/C15H26N4/c1-4-7-13-10-19(15(3,5-2)12-18-13)11-14-16-8-6-9-17-14/h6,8-9,13,18H,4-5,7,10-12H2,1-3H3. The summed E-state index contributed by atoms with van der Waals surface area (Å²) in [6, 6.07) is 2.48. The molecule has 0 radical (unpaired) electrons. The van der Waals surface area contributed by atoms with Crippen molar-refractivity contribution >= 4 is 0 Å². The number of hydrogen-bond acceptors (Lipinski definition) is 4. The van der Waals surface area contributed by atoms with Crippen molar-refractivity contribution in [2.24, 2.45) is 0 Å². The molecular weight excluding hydrogens is 236 g/mol. The first kappa shape index (κ1) is 14.4. The van der Waals surface area contributed by atoms with Crippen molar-refractivity contribution in [1.82, 2.24) is 20.2 Å². The Labute approximate surface area is 116 Å². The van der Waals surface area contributed by atoms with Gasteiger partial charge in [0.15, 0.2) is 0 Å². The molecule has 1 fully saturated rings. The Morgan fingerprint density at radius 3 is 2.74 bits per heavy atom. The first-order valence-corrected chi connectivity index (χ1v) is 7.42. The predicted octanol–water partition coefficient (Wildman–Crippen LogP) is 2.22. The molecule has 1 aromatic rings. The second kappa shape index (κ2) is 6.44. The minimum atomic E-state index is 0.212. The second-order valence-corrected chi connectivity index (χ2v) is 5.76. The Balaban J connectivity index is 2.07. The third kappa shape index (κ3) is 3.51. The minimum absolute atomic E-state index is 0.212. The lowest BCUT2D eigenvalue weighted by atomic mass is 9.91. The van der Waals surface area contributed by atoms with Gasteiger partial charge >= 0.3 is 0 Å². The molecule has 19 heavy (non-hydrogen) atoms. The summed E-state index contributed by atoms with van der Waals surface area (Å²) in [6.07, 6.45) is 7.28. The maximum atomic E-state index is 4.37. The average molecular weight is 262 g/mol. The molecule has 2 atom stereocenters. The van der Waals surface area contributed by atoms with Gasteiger partial charge in [-0.2, -0.15) is 0 Å². The summed E-state index contributed by atoms with van der Waals surface area (Å²) < 4.78 is 0. The van der Waals surface area contributed by atoms with Gasteiger partial charge in [-0.1, -0.05) is 20.3 Å². The molecule has 0 amide bonds. The fourth-order valence-electron chi connectivity index (χ4n) is 2.76. The van der Waals surface area contributed by atoms with Gasteiger partial charge in [-0.3, -0.25) is 4.90 Å². The molecule has 2 rings (SSSR count). The van der Waals surface area contributed by atoms with Crippen molar-refractivity contribution in [2.75, 3.05) is 13.1 Å².